The monoisotopic (exact) mass is 1000 g/mol. The average molecular weight is 1000 g/mol. The summed E-state index contributed by atoms with van der Waals surface area (Å²) in [7, 11) is 3.02. The number of ether oxygens (including phenoxy) is 7. The minimum absolute atomic E-state index is 0.00813. The lowest BCUT2D eigenvalue weighted by Gasteiger charge is -2.40. The van der Waals surface area contributed by atoms with Crippen LogP contribution in [-0.4, -0.2) is 119 Å². The van der Waals surface area contributed by atoms with Crippen LogP contribution in [0.25, 0.3) is 11.2 Å². The number of rotatable bonds is 24. The van der Waals surface area contributed by atoms with Gasteiger partial charge in [-0.15, -0.1) is 0 Å². The maximum atomic E-state index is 14.1. The van der Waals surface area contributed by atoms with E-state index in [-0.39, 0.29) is 56.2 Å². The maximum absolute atomic E-state index is 14.1. The zero-order valence-electron chi connectivity index (χ0n) is 42.3. The largest absolute Gasteiger partial charge is 0.497 e. The van der Waals surface area contributed by atoms with Gasteiger partial charge in [-0.25, -0.2) is 15.0 Å². The normalized spacial score (nSPS) is 17.5. The molecule has 0 bridgehead atoms. The van der Waals surface area contributed by atoms with Gasteiger partial charge in [-0.1, -0.05) is 72.8 Å². The van der Waals surface area contributed by atoms with Gasteiger partial charge in [-0.3, -0.25) is 18.8 Å². The van der Waals surface area contributed by atoms with Gasteiger partial charge in [0.05, 0.1) is 52.9 Å². The number of nitriles is 1. The number of methoxy groups -OCH3 is 3. The number of amides is 1. The van der Waals surface area contributed by atoms with E-state index in [1.54, 1.807) is 70.3 Å². The molecule has 1 aliphatic heterocycles. The second kappa shape index (κ2) is 24.4. The molecule has 2 aromatic heterocycles. The minimum Gasteiger partial charge on any atom is -0.497 e. The van der Waals surface area contributed by atoms with Crippen molar-refractivity contribution in [3.63, 3.8) is 0 Å². The van der Waals surface area contributed by atoms with Crippen molar-refractivity contribution in [3.8, 4) is 17.6 Å². The highest BCUT2D eigenvalue weighted by atomic mass is 31.2. The molecule has 0 radical (unpaired) electrons. The van der Waals surface area contributed by atoms with Crippen molar-refractivity contribution < 1.29 is 47.3 Å². The van der Waals surface area contributed by atoms with E-state index in [1.807, 2.05) is 113 Å². The van der Waals surface area contributed by atoms with Crippen molar-refractivity contribution >= 4 is 37.2 Å². The molecular weight excluding hydrogens is 938 g/mol. The molecule has 1 N–H and O–H groups in total. The van der Waals surface area contributed by atoms with Crippen molar-refractivity contribution in [1.82, 2.24) is 24.2 Å². The number of benzene rings is 4. The number of aromatic nitrogens is 4. The minimum atomic E-state index is -1.81. The summed E-state index contributed by atoms with van der Waals surface area (Å²) in [5, 5.41) is 12.4. The van der Waals surface area contributed by atoms with Crippen LogP contribution in [-0.2, 0) is 38.6 Å². The lowest BCUT2D eigenvalue weighted by atomic mass is 9.80. The number of nitrogens with one attached hydrogen (secondary N) is 1. The molecule has 1 aliphatic rings. The van der Waals surface area contributed by atoms with Crippen LogP contribution >= 0.6 is 8.30 Å². The number of anilines is 1. The van der Waals surface area contributed by atoms with Crippen LogP contribution in [0.1, 0.15) is 81.2 Å². The van der Waals surface area contributed by atoms with Gasteiger partial charge in [-0.2, -0.15) is 5.26 Å². The number of imidazole rings is 1. The number of hydrogen-bond donors (Lipinski definition) is 1. The molecule has 4 aromatic carbocycles. The Kier molecular flexibility index (Phi) is 18.1. The second-order valence-electron chi connectivity index (χ2n) is 18.3. The van der Waals surface area contributed by atoms with Crippen molar-refractivity contribution in [2.75, 3.05) is 52.6 Å². The molecule has 1 fully saturated rings. The number of carbonyl (C=O) groups excluding carboxylic acids is 2. The smallest absolute Gasteiger partial charge is 0.314 e. The highest BCUT2D eigenvalue weighted by Gasteiger charge is 2.52. The first-order valence-corrected chi connectivity index (χ1v) is 25.2. The molecule has 6 aromatic rings. The zero-order chi connectivity index (χ0) is 51.4. The van der Waals surface area contributed by atoms with E-state index < -0.39 is 50.0 Å². The Morgan fingerprint density at radius 3 is 1.97 bits per heavy atom. The molecule has 0 saturated carbocycles. The standard InChI is InChI=1S/C54H64N7O10P/c1-36(2)61(37(3)4)72(33-45(62)70-53(5,6)28-29-55)71-47-44(32-68-54(39-18-14-11-15-19-39,40-20-24-42(65-8)25-21-40)41-22-26-43(66-9)27-23-41)69-52(48(47)67-31-30-64-7)60-35-58-46-49(56-34-57-50(46)60)59-51(63)38-16-12-10-13-17-38/h10-27,34-37,44,47-48,52H,28,30-33H2,1-9H3,(H,56,57,59,63). The van der Waals surface area contributed by atoms with Crippen LogP contribution in [0.5, 0.6) is 11.5 Å². The van der Waals surface area contributed by atoms with E-state index in [2.05, 4.69) is 26.0 Å². The van der Waals surface area contributed by atoms with E-state index in [1.165, 1.54) is 6.33 Å². The molecule has 72 heavy (non-hydrogen) atoms. The van der Waals surface area contributed by atoms with E-state index in [0.29, 0.717) is 28.2 Å². The van der Waals surface area contributed by atoms with Crippen molar-refractivity contribution in [3.05, 3.63) is 144 Å². The Hall–Kier alpha value is -6.35. The summed E-state index contributed by atoms with van der Waals surface area (Å²) < 4.78 is 55.5. The summed E-state index contributed by atoms with van der Waals surface area (Å²) in [6.45, 7) is 11.9. The summed E-state index contributed by atoms with van der Waals surface area (Å²) >= 11 is 0. The number of nitrogens with zero attached hydrogens (tertiary/aromatic N) is 6. The average Bonchev–Trinajstić information content (AvgIpc) is 3.96. The molecule has 380 valence electrons. The summed E-state index contributed by atoms with van der Waals surface area (Å²) in [5.41, 5.74) is 1.27. The first-order valence-electron chi connectivity index (χ1n) is 23.8. The fourth-order valence-electron chi connectivity index (χ4n) is 8.92. The highest BCUT2D eigenvalue weighted by molar-refractivity contribution is 7.51. The van der Waals surface area contributed by atoms with Crippen LogP contribution in [0, 0.1) is 11.3 Å². The third kappa shape index (κ3) is 12.3. The van der Waals surface area contributed by atoms with E-state index in [0.717, 1.165) is 16.7 Å². The van der Waals surface area contributed by atoms with Gasteiger partial charge in [0.2, 0.25) is 0 Å². The van der Waals surface area contributed by atoms with Crippen molar-refractivity contribution in [2.24, 2.45) is 0 Å². The molecular formula is C54H64N7O10P. The van der Waals surface area contributed by atoms with E-state index in [4.69, 9.17) is 42.7 Å². The molecule has 0 spiro atoms. The van der Waals surface area contributed by atoms with Crippen LogP contribution in [0.15, 0.2) is 122 Å². The third-order valence-corrected chi connectivity index (χ3v) is 14.6. The number of carbonyl (C=O) groups is 2. The van der Waals surface area contributed by atoms with Gasteiger partial charge in [0.1, 0.15) is 61.8 Å². The SMILES string of the molecule is COCCOC1C(OP(CC(=O)OC(C)(C)CC#N)N(C(C)C)C(C)C)C(COC(c2ccccc2)(c2ccc(OC)cc2)c2ccc(OC)cc2)OC1n1cnc2c(NC(=O)c3ccccc3)ncnc21. The predicted octanol–water partition coefficient (Wildman–Crippen LogP) is 9.08. The van der Waals surface area contributed by atoms with Crippen LogP contribution in [0.3, 0.4) is 0 Å². The maximum Gasteiger partial charge on any atom is 0.314 e. The summed E-state index contributed by atoms with van der Waals surface area (Å²) in [4.78, 5) is 41.3. The lowest BCUT2D eigenvalue weighted by Crippen LogP contribution is -2.43. The molecule has 18 heteroatoms. The molecule has 0 aliphatic carbocycles. The van der Waals surface area contributed by atoms with E-state index in [9.17, 15) is 14.9 Å². The van der Waals surface area contributed by atoms with Gasteiger partial charge < -0.3 is 43.0 Å². The first-order chi connectivity index (χ1) is 34.7. The van der Waals surface area contributed by atoms with Crippen LogP contribution in [0.2, 0.25) is 0 Å². The molecule has 1 saturated heterocycles. The van der Waals surface area contributed by atoms with Gasteiger partial charge in [0, 0.05) is 24.8 Å². The Balaban J connectivity index is 1.38. The predicted molar refractivity (Wildman–Crippen MR) is 273 cm³/mol. The van der Waals surface area contributed by atoms with Gasteiger partial charge in [0.25, 0.3) is 5.91 Å². The molecule has 5 unspecified atom stereocenters. The number of hydrogen-bond acceptors (Lipinski definition) is 15. The summed E-state index contributed by atoms with van der Waals surface area (Å²) in [6.07, 6.45) is -0.864. The Morgan fingerprint density at radius 1 is 0.806 bits per heavy atom. The van der Waals surface area contributed by atoms with Crippen LogP contribution in [0.4, 0.5) is 5.82 Å². The lowest BCUT2D eigenvalue weighted by molar-refractivity contribution is -0.152. The molecule has 5 atom stereocenters. The summed E-state index contributed by atoms with van der Waals surface area (Å²) in [5.74, 6) is 0.657. The second-order valence-corrected chi connectivity index (χ2v) is 20.0. The summed E-state index contributed by atoms with van der Waals surface area (Å²) in [6, 6.07) is 36.2. The fourth-order valence-corrected chi connectivity index (χ4v) is 11.1. The third-order valence-electron chi connectivity index (χ3n) is 12.1. The quantitative estimate of drug-likeness (QED) is 0.0261. The van der Waals surface area contributed by atoms with Gasteiger partial charge >= 0.3 is 5.97 Å². The highest BCUT2D eigenvalue weighted by Crippen LogP contribution is 2.51. The topological polar surface area (TPSA) is 191 Å². The first kappa shape index (κ1) is 53.4. The molecule has 3 heterocycles. The van der Waals surface area contributed by atoms with Crippen molar-refractivity contribution in [2.45, 2.75) is 95.8 Å². The van der Waals surface area contributed by atoms with E-state index >= 15 is 0 Å². The Morgan fingerprint density at radius 2 is 1.40 bits per heavy atom. The Bertz CT molecular complexity index is 2680. The zero-order valence-corrected chi connectivity index (χ0v) is 43.2. The molecule has 1 amide bonds. The Labute approximate surface area is 422 Å². The molecule has 7 rings (SSSR count). The van der Waals surface area contributed by atoms with Crippen molar-refractivity contribution in [1.29, 1.82) is 5.26 Å². The number of fused-ring (bicyclic) bond motifs is 1. The van der Waals surface area contributed by atoms with Gasteiger partial charge in [-0.05, 0) is 94.6 Å². The molecule has 17 nitrogen and oxygen atoms in total. The number of esters is 1. The van der Waals surface area contributed by atoms with Crippen LogP contribution < -0.4 is 14.8 Å². The fraction of sp³-hybridized carbons (Fsp3) is 0.407. The van der Waals surface area contributed by atoms with Gasteiger partial charge in [0.15, 0.2) is 23.2 Å².